The summed E-state index contributed by atoms with van der Waals surface area (Å²) >= 11 is 0. The summed E-state index contributed by atoms with van der Waals surface area (Å²) in [5.74, 6) is -7.87. The van der Waals surface area contributed by atoms with Gasteiger partial charge in [0.2, 0.25) is 0 Å². The Bertz CT molecular complexity index is 516. The van der Waals surface area contributed by atoms with E-state index in [2.05, 4.69) is 5.16 Å². The van der Waals surface area contributed by atoms with Crippen molar-refractivity contribution in [1.82, 2.24) is 0 Å². The zero-order chi connectivity index (χ0) is 15.5. The van der Waals surface area contributed by atoms with Crippen LogP contribution in [0.2, 0.25) is 0 Å². The van der Waals surface area contributed by atoms with Crippen LogP contribution >= 0.6 is 0 Å². The average molecular weight is 301 g/mol. The number of anilines is 1. The third kappa shape index (κ3) is 3.68. The Morgan fingerprint density at radius 2 is 1.90 bits per heavy atom. The molecule has 4 nitrogen and oxygen atoms in total. The van der Waals surface area contributed by atoms with Crippen LogP contribution in [0.25, 0.3) is 0 Å². The van der Waals surface area contributed by atoms with E-state index in [1.54, 1.807) is 0 Å². The minimum absolute atomic E-state index is 0.241. The molecular formula is C10H9F6N3O. The maximum atomic E-state index is 13.2. The highest BCUT2D eigenvalue weighted by Crippen LogP contribution is 2.27. The van der Waals surface area contributed by atoms with Gasteiger partial charge in [0.25, 0.3) is 0 Å². The van der Waals surface area contributed by atoms with Gasteiger partial charge in [-0.05, 0) is 0 Å². The molecule has 0 saturated heterocycles. The molecule has 0 aliphatic carbocycles. The standard InChI is InChI=1S/C10H9F6N3O/c11-4-1-6(12)8(13)7(2-4)18-3-5(9(17)19-20)10(14,15)16/h1-2,5,18,20H,3H2,(H2,17,19). The number of nitrogens with two attached hydrogens (primary N) is 1. The van der Waals surface area contributed by atoms with Crippen molar-refractivity contribution in [3.8, 4) is 0 Å². The first-order valence-corrected chi connectivity index (χ1v) is 5.09. The first-order chi connectivity index (χ1) is 9.16. The molecule has 0 radical (unpaired) electrons. The Balaban J connectivity index is 2.94. The highest BCUT2D eigenvalue weighted by molar-refractivity contribution is 5.83. The first-order valence-electron chi connectivity index (χ1n) is 5.09. The molecule has 0 aromatic heterocycles. The number of hydrogen-bond donors (Lipinski definition) is 3. The molecule has 1 rings (SSSR count). The van der Waals surface area contributed by atoms with E-state index in [1.807, 2.05) is 5.32 Å². The van der Waals surface area contributed by atoms with Crippen LogP contribution in [0.15, 0.2) is 17.3 Å². The summed E-state index contributed by atoms with van der Waals surface area (Å²) in [5, 5.41) is 12.3. The summed E-state index contributed by atoms with van der Waals surface area (Å²) < 4.78 is 76.6. The molecule has 0 aliphatic rings. The predicted molar refractivity (Wildman–Crippen MR) is 57.8 cm³/mol. The van der Waals surface area contributed by atoms with Crippen molar-refractivity contribution in [1.29, 1.82) is 0 Å². The predicted octanol–water partition coefficient (Wildman–Crippen LogP) is 2.44. The summed E-state index contributed by atoms with van der Waals surface area (Å²) in [6, 6.07) is 0.726. The topological polar surface area (TPSA) is 70.6 Å². The Morgan fingerprint density at radius 1 is 1.30 bits per heavy atom. The van der Waals surface area contributed by atoms with E-state index >= 15 is 0 Å². The van der Waals surface area contributed by atoms with Crippen LogP contribution < -0.4 is 11.1 Å². The van der Waals surface area contributed by atoms with Gasteiger partial charge in [0.15, 0.2) is 17.5 Å². The lowest BCUT2D eigenvalue weighted by molar-refractivity contribution is -0.152. The number of hydrogen-bond acceptors (Lipinski definition) is 3. The molecule has 1 atom stereocenters. The highest BCUT2D eigenvalue weighted by atomic mass is 19.4. The van der Waals surface area contributed by atoms with Crippen molar-refractivity contribution in [2.45, 2.75) is 6.18 Å². The molecule has 0 spiro atoms. The van der Waals surface area contributed by atoms with E-state index in [-0.39, 0.29) is 6.07 Å². The Labute approximate surface area is 108 Å². The van der Waals surface area contributed by atoms with Gasteiger partial charge in [-0.1, -0.05) is 5.16 Å². The zero-order valence-corrected chi connectivity index (χ0v) is 9.68. The van der Waals surface area contributed by atoms with Gasteiger partial charge in [0.05, 0.1) is 5.69 Å². The number of amidine groups is 1. The van der Waals surface area contributed by atoms with Gasteiger partial charge in [-0.15, -0.1) is 0 Å². The minimum atomic E-state index is -4.88. The monoisotopic (exact) mass is 301 g/mol. The van der Waals surface area contributed by atoms with E-state index in [4.69, 9.17) is 10.9 Å². The fourth-order valence-corrected chi connectivity index (χ4v) is 1.35. The average Bonchev–Trinajstić information content (AvgIpc) is 2.33. The largest absolute Gasteiger partial charge is 0.409 e. The first kappa shape index (κ1) is 15.9. The molecule has 1 aromatic rings. The van der Waals surface area contributed by atoms with Gasteiger partial charge in [-0.25, -0.2) is 13.2 Å². The number of alkyl halides is 3. The summed E-state index contributed by atoms with van der Waals surface area (Å²) in [4.78, 5) is 0. The summed E-state index contributed by atoms with van der Waals surface area (Å²) in [7, 11) is 0. The SMILES string of the molecule is N/C(=N/O)C(CNc1cc(F)cc(F)c1F)C(F)(F)F. The third-order valence-corrected chi connectivity index (χ3v) is 2.36. The molecule has 10 heteroatoms. The van der Waals surface area contributed by atoms with E-state index in [0.29, 0.717) is 6.07 Å². The maximum absolute atomic E-state index is 13.2. The zero-order valence-electron chi connectivity index (χ0n) is 9.68. The van der Waals surface area contributed by atoms with Crippen molar-refractivity contribution >= 4 is 11.5 Å². The van der Waals surface area contributed by atoms with Crippen LogP contribution in [0.3, 0.4) is 0 Å². The smallest absolute Gasteiger partial charge is 0.400 e. The van der Waals surface area contributed by atoms with Crippen LogP contribution in [-0.4, -0.2) is 23.8 Å². The normalized spacial score (nSPS) is 14.2. The lowest BCUT2D eigenvalue weighted by atomic mass is 10.1. The lowest BCUT2D eigenvalue weighted by Gasteiger charge is -2.20. The van der Waals surface area contributed by atoms with Crippen molar-refractivity contribution in [3.05, 3.63) is 29.6 Å². The molecule has 4 N–H and O–H groups in total. The van der Waals surface area contributed by atoms with E-state index in [1.165, 1.54) is 0 Å². The number of nitrogens with one attached hydrogen (secondary N) is 1. The second-order valence-corrected chi connectivity index (χ2v) is 3.75. The van der Waals surface area contributed by atoms with Crippen LogP contribution in [0, 0.1) is 23.4 Å². The van der Waals surface area contributed by atoms with Crippen LogP contribution in [0.4, 0.5) is 32.0 Å². The van der Waals surface area contributed by atoms with Crippen LogP contribution in [-0.2, 0) is 0 Å². The Morgan fingerprint density at radius 3 is 2.40 bits per heavy atom. The lowest BCUT2D eigenvalue weighted by Crippen LogP contribution is -2.40. The number of benzene rings is 1. The second kappa shape index (κ2) is 5.88. The number of nitrogens with zero attached hydrogens (tertiary/aromatic N) is 1. The maximum Gasteiger partial charge on any atom is 0.400 e. The molecule has 0 fully saturated rings. The molecule has 0 bridgehead atoms. The molecule has 0 saturated carbocycles. The quantitative estimate of drug-likeness (QED) is 0.200. The Kier molecular flexibility index (Phi) is 4.69. The van der Waals surface area contributed by atoms with Crippen molar-refractivity contribution < 1.29 is 31.5 Å². The van der Waals surface area contributed by atoms with E-state index in [0.717, 1.165) is 0 Å². The minimum Gasteiger partial charge on any atom is -0.409 e. The van der Waals surface area contributed by atoms with Gasteiger partial charge in [0, 0.05) is 18.7 Å². The highest BCUT2D eigenvalue weighted by Gasteiger charge is 2.42. The number of halogens is 6. The fraction of sp³-hybridized carbons (Fsp3) is 0.300. The number of rotatable bonds is 4. The molecular weight excluding hydrogens is 292 g/mol. The molecule has 0 amide bonds. The van der Waals surface area contributed by atoms with Gasteiger partial charge in [-0.3, -0.25) is 0 Å². The van der Waals surface area contributed by atoms with Gasteiger partial charge < -0.3 is 16.3 Å². The third-order valence-electron chi connectivity index (χ3n) is 2.36. The van der Waals surface area contributed by atoms with Crippen molar-refractivity contribution in [2.24, 2.45) is 16.8 Å². The molecule has 0 heterocycles. The molecule has 0 aliphatic heterocycles. The van der Waals surface area contributed by atoms with Gasteiger partial charge in [0.1, 0.15) is 11.7 Å². The van der Waals surface area contributed by atoms with Crippen molar-refractivity contribution in [2.75, 3.05) is 11.9 Å². The summed E-state index contributed by atoms with van der Waals surface area (Å²) in [6.07, 6.45) is -4.88. The van der Waals surface area contributed by atoms with E-state index < -0.39 is 47.6 Å². The molecule has 1 aromatic carbocycles. The molecule has 1 unspecified atom stereocenters. The summed E-state index contributed by atoms with van der Waals surface area (Å²) in [6.45, 7) is -1.06. The molecule has 20 heavy (non-hydrogen) atoms. The second-order valence-electron chi connectivity index (χ2n) is 3.75. The van der Waals surface area contributed by atoms with Crippen LogP contribution in [0.5, 0.6) is 0 Å². The fourth-order valence-electron chi connectivity index (χ4n) is 1.35. The number of oxime groups is 1. The Hall–Kier alpha value is -2.13. The van der Waals surface area contributed by atoms with Gasteiger partial charge >= 0.3 is 6.18 Å². The molecule has 112 valence electrons. The summed E-state index contributed by atoms with van der Waals surface area (Å²) in [5.41, 5.74) is 4.06. The van der Waals surface area contributed by atoms with Crippen LogP contribution in [0.1, 0.15) is 0 Å². The van der Waals surface area contributed by atoms with Crippen molar-refractivity contribution in [3.63, 3.8) is 0 Å². The van der Waals surface area contributed by atoms with Gasteiger partial charge in [-0.2, -0.15) is 13.2 Å². The van der Waals surface area contributed by atoms with E-state index in [9.17, 15) is 26.3 Å².